The number of aliphatic imine (C=N–C) groups is 1. The molecule has 0 atom stereocenters. The highest BCUT2D eigenvalue weighted by Crippen LogP contribution is 2.27. The summed E-state index contributed by atoms with van der Waals surface area (Å²) < 4.78 is 39.0. The van der Waals surface area contributed by atoms with Gasteiger partial charge in [-0.2, -0.15) is 18.3 Å². The fourth-order valence-corrected chi connectivity index (χ4v) is 2.87. The molecular weight excluding hydrogens is 458 g/mol. The van der Waals surface area contributed by atoms with Crippen molar-refractivity contribution in [2.45, 2.75) is 44.4 Å². The molecule has 1 aromatic carbocycles. The molecule has 9 heteroatoms. The van der Waals surface area contributed by atoms with Crippen LogP contribution in [0.1, 0.15) is 36.9 Å². The minimum Gasteiger partial charge on any atom is -0.370 e. The van der Waals surface area contributed by atoms with Gasteiger partial charge in [0.25, 0.3) is 0 Å². The lowest BCUT2D eigenvalue weighted by Gasteiger charge is -2.12. The van der Waals surface area contributed by atoms with Crippen LogP contribution in [0.5, 0.6) is 0 Å². The van der Waals surface area contributed by atoms with Gasteiger partial charge in [0, 0.05) is 12.2 Å². The summed E-state index contributed by atoms with van der Waals surface area (Å²) >= 11 is 0. The minimum absolute atomic E-state index is 0. The smallest absolute Gasteiger partial charge is 0.370 e. The molecule has 2 aromatic rings. The van der Waals surface area contributed by atoms with Crippen LogP contribution in [0.4, 0.5) is 13.2 Å². The molecule has 1 heterocycles. The van der Waals surface area contributed by atoms with Crippen LogP contribution in [0.2, 0.25) is 0 Å². The average Bonchev–Trinajstić information content (AvgIpc) is 3.24. The Morgan fingerprint density at radius 3 is 2.42 bits per heavy atom. The first-order valence-electron chi connectivity index (χ1n) is 8.20. The van der Waals surface area contributed by atoms with Gasteiger partial charge < -0.3 is 11.1 Å². The maximum Gasteiger partial charge on any atom is 0.435 e. The number of halogens is 4. The van der Waals surface area contributed by atoms with Crippen LogP contribution in [0.15, 0.2) is 41.5 Å². The fraction of sp³-hybridized carbons (Fsp3) is 0.412. The quantitative estimate of drug-likeness (QED) is 0.398. The lowest BCUT2D eigenvalue weighted by molar-refractivity contribution is -0.141. The van der Waals surface area contributed by atoms with Crippen molar-refractivity contribution < 1.29 is 13.2 Å². The van der Waals surface area contributed by atoms with Gasteiger partial charge in [0.15, 0.2) is 11.7 Å². The van der Waals surface area contributed by atoms with Crippen molar-refractivity contribution in [3.05, 3.63) is 47.8 Å². The Balaban J connectivity index is 0.00000243. The van der Waals surface area contributed by atoms with Gasteiger partial charge in [-0.15, -0.1) is 24.0 Å². The monoisotopic (exact) mass is 479 g/mol. The molecule has 0 amide bonds. The van der Waals surface area contributed by atoms with Crippen molar-refractivity contribution in [3.8, 4) is 5.69 Å². The van der Waals surface area contributed by atoms with Crippen LogP contribution in [-0.4, -0.2) is 21.8 Å². The highest BCUT2D eigenvalue weighted by Gasteiger charge is 2.33. The summed E-state index contributed by atoms with van der Waals surface area (Å²) in [7, 11) is 0. The maximum atomic E-state index is 12.6. The second-order valence-corrected chi connectivity index (χ2v) is 6.14. The molecule has 1 aromatic heterocycles. The molecular formula is C17H21F3IN5. The third kappa shape index (κ3) is 5.36. The third-order valence-corrected chi connectivity index (χ3v) is 4.22. The Morgan fingerprint density at radius 1 is 1.19 bits per heavy atom. The van der Waals surface area contributed by atoms with Gasteiger partial charge in [-0.3, -0.25) is 0 Å². The average molecular weight is 479 g/mol. The van der Waals surface area contributed by atoms with Gasteiger partial charge in [-0.25, -0.2) is 9.67 Å². The zero-order chi connectivity index (χ0) is 17.9. The van der Waals surface area contributed by atoms with E-state index in [0.29, 0.717) is 24.2 Å². The first-order valence-corrected chi connectivity index (χ1v) is 8.20. The molecule has 3 rings (SSSR count). The van der Waals surface area contributed by atoms with Gasteiger partial charge in [0.2, 0.25) is 0 Å². The van der Waals surface area contributed by atoms with Crippen LogP contribution < -0.4 is 11.1 Å². The zero-order valence-electron chi connectivity index (χ0n) is 14.0. The third-order valence-electron chi connectivity index (χ3n) is 4.22. The summed E-state index contributed by atoms with van der Waals surface area (Å²) in [6.45, 7) is 0.415. The van der Waals surface area contributed by atoms with E-state index in [2.05, 4.69) is 15.4 Å². The number of benzene rings is 1. The second kappa shape index (κ2) is 8.74. The predicted molar refractivity (Wildman–Crippen MR) is 105 cm³/mol. The molecule has 26 heavy (non-hydrogen) atoms. The van der Waals surface area contributed by atoms with Crippen LogP contribution in [0, 0.1) is 0 Å². The lowest BCUT2D eigenvalue weighted by Crippen LogP contribution is -2.38. The molecule has 1 aliphatic rings. The number of nitrogens with two attached hydrogens (primary N) is 1. The molecule has 142 valence electrons. The number of alkyl halides is 3. The Bertz CT molecular complexity index is 734. The summed E-state index contributed by atoms with van der Waals surface area (Å²) in [5.74, 6) is 0.429. The Kier molecular flexibility index (Phi) is 6.90. The summed E-state index contributed by atoms with van der Waals surface area (Å²) in [5, 5.41) is 6.76. The standard InChI is InChI=1S/C17H20F3N5.HI/c18-17(19,20)15-9-10-25(24-15)14-7-5-12(6-8-14)11-22-16(21)23-13-3-1-2-4-13;/h5-10,13H,1-4,11H2,(H3,21,22,23);1H. The van der Waals surface area contributed by atoms with E-state index in [1.165, 1.54) is 23.7 Å². The van der Waals surface area contributed by atoms with Crippen molar-refractivity contribution in [1.29, 1.82) is 0 Å². The maximum absolute atomic E-state index is 12.6. The van der Waals surface area contributed by atoms with Gasteiger partial charge in [0.05, 0.1) is 12.2 Å². The van der Waals surface area contributed by atoms with E-state index in [0.717, 1.165) is 24.5 Å². The zero-order valence-corrected chi connectivity index (χ0v) is 16.4. The van der Waals surface area contributed by atoms with Crippen molar-refractivity contribution in [2.24, 2.45) is 10.7 Å². The number of nitrogens with one attached hydrogen (secondary N) is 1. The number of rotatable bonds is 4. The largest absolute Gasteiger partial charge is 0.435 e. The molecule has 0 spiro atoms. The highest BCUT2D eigenvalue weighted by atomic mass is 127. The van der Waals surface area contributed by atoms with E-state index < -0.39 is 11.9 Å². The second-order valence-electron chi connectivity index (χ2n) is 6.14. The first kappa shape index (κ1) is 20.5. The predicted octanol–water partition coefficient (Wildman–Crippen LogP) is 3.86. The molecule has 1 fully saturated rings. The summed E-state index contributed by atoms with van der Waals surface area (Å²) in [6.07, 6.45) is 1.53. The van der Waals surface area contributed by atoms with Crippen LogP contribution in [0.25, 0.3) is 5.69 Å². The van der Waals surface area contributed by atoms with Crippen molar-refractivity contribution in [2.75, 3.05) is 0 Å². The molecule has 0 radical (unpaired) electrons. The molecule has 3 N–H and O–H groups in total. The van der Waals surface area contributed by atoms with Gasteiger partial charge in [0.1, 0.15) is 0 Å². The SMILES string of the molecule is I.NC(=NCc1ccc(-n2ccc(C(F)(F)F)n2)cc1)NC1CCCC1. The normalized spacial score (nSPS) is 15.7. The molecule has 0 saturated heterocycles. The van der Waals surface area contributed by atoms with E-state index in [9.17, 15) is 13.2 Å². The molecule has 0 aliphatic heterocycles. The van der Waals surface area contributed by atoms with Gasteiger partial charge >= 0.3 is 6.18 Å². The summed E-state index contributed by atoms with van der Waals surface area (Å²) in [5.41, 5.74) is 6.45. The van der Waals surface area contributed by atoms with Crippen LogP contribution >= 0.6 is 24.0 Å². The number of hydrogen-bond donors (Lipinski definition) is 2. The van der Waals surface area contributed by atoms with E-state index in [1.54, 1.807) is 24.3 Å². The van der Waals surface area contributed by atoms with E-state index in [4.69, 9.17) is 5.73 Å². The van der Waals surface area contributed by atoms with E-state index in [-0.39, 0.29) is 24.0 Å². The number of aromatic nitrogens is 2. The molecule has 0 unspecified atom stereocenters. The van der Waals surface area contributed by atoms with Crippen LogP contribution in [-0.2, 0) is 12.7 Å². The Hall–Kier alpha value is -1.78. The first-order chi connectivity index (χ1) is 11.9. The van der Waals surface area contributed by atoms with E-state index in [1.807, 2.05) is 0 Å². The summed E-state index contributed by atoms with van der Waals surface area (Å²) in [6, 6.07) is 8.38. The number of guanidine groups is 1. The summed E-state index contributed by atoms with van der Waals surface area (Å²) in [4.78, 5) is 4.31. The fourth-order valence-electron chi connectivity index (χ4n) is 2.87. The Labute approximate surface area is 166 Å². The van der Waals surface area contributed by atoms with Crippen molar-refractivity contribution >= 4 is 29.9 Å². The molecule has 0 bridgehead atoms. The molecule has 1 aliphatic carbocycles. The number of hydrogen-bond acceptors (Lipinski definition) is 2. The van der Waals surface area contributed by atoms with E-state index >= 15 is 0 Å². The topological polar surface area (TPSA) is 68.2 Å². The van der Waals surface area contributed by atoms with Gasteiger partial charge in [-0.1, -0.05) is 25.0 Å². The molecule has 5 nitrogen and oxygen atoms in total. The van der Waals surface area contributed by atoms with Gasteiger partial charge in [-0.05, 0) is 36.6 Å². The number of nitrogens with zero attached hydrogens (tertiary/aromatic N) is 3. The molecule has 1 saturated carbocycles. The Morgan fingerprint density at radius 2 is 1.85 bits per heavy atom. The minimum atomic E-state index is -4.44. The van der Waals surface area contributed by atoms with Crippen molar-refractivity contribution in [3.63, 3.8) is 0 Å². The van der Waals surface area contributed by atoms with Crippen molar-refractivity contribution in [1.82, 2.24) is 15.1 Å². The lowest BCUT2D eigenvalue weighted by atomic mass is 10.2. The highest BCUT2D eigenvalue weighted by molar-refractivity contribution is 14.0. The van der Waals surface area contributed by atoms with Crippen LogP contribution in [0.3, 0.4) is 0 Å².